The van der Waals surface area contributed by atoms with Crippen LogP contribution in [0.4, 0.5) is 0 Å². The van der Waals surface area contributed by atoms with Crippen LogP contribution >= 0.6 is 0 Å². The van der Waals surface area contributed by atoms with Crippen molar-refractivity contribution in [3.8, 4) is 11.5 Å². The van der Waals surface area contributed by atoms with Gasteiger partial charge in [0, 0.05) is 62.4 Å². The summed E-state index contributed by atoms with van der Waals surface area (Å²) in [6.45, 7) is 2.36. The van der Waals surface area contributed by atoms with Gasteiger partial charge in [0.25, 0.3) is 0 Å². The van der Waals surface area contributed by atoms with Gasteiger partial charge in [-0.3, -0.25) is 48.5 Å². The smallest absolute Gasteiger partial charge is 0.243 e. The number of phenolic OH excluding ortho intramolecular Hbond substituents is 2. The van der Waals surface area contributed by atoms with Gasteiger partial charge in [0.05, 0.1) is 0 Å². The molecule has 26 nitrogen and oxygen atoms in total. The summed E-state index contributed by atoms with van der Waals surface area (Å²) in [6, 6.07) is 11.0. The zero-order valence-electron chi connectivity index (χ0n) is 45.1. The minimum Gasteiger partial charge on any atom is -0.508 e. The summed E-state index contributed by atoms with van der Waals surface area (Å²) in [5.41, 5.74) is 41.2. The van der Waals surface area contributed by atoms with Crippen molar-refractivity contribution in [2.24, 2.45) is 55.1 Å². The van der Waals surface area contributed by atoms with Crippen molar-refractivity contribution in [1.82, 2.24) is 36.9 Å². The molecule has 0 radical (unpaired) electrons. The summed E-state index contributed by atoms with van der Waals surface area (Å²) in [7, 11) is 0. The summed E-state index contributed by atoms with van der Waals surface area (Å²) >= 11 is 0. The Kier molecular flexibility index (Phi) is 26.4. The van der Waals surface area contributed by atoms with Crippen LogP contribution in [0, 0.1) is 0 Å². The first-order valence-corrected chi connectivity index (χ1v) is 26.6. The van der Waals surface area contributed by atoms with Crippen LogP contribution < -0.4 is 72.0 Å². The van der Waals surface area contributed by atoms with E-state index in [4.69, 9.17) is 40.1 Å². The number of nitrogens with one attached hydrogen (secondary N) is 7. The van der Waals surface area contributed by atoms with Gasteiger partial charge in [-0.25, -0.2) is 0 Å². The van der Waals surface area contributed by atoms with E-state index < -0.39 is 71.7 Å². The maximum absolute atomic E-state index is 14.8. The number of aromatic nitrogens is 1. The second-order valence-corrected chi connectivity index (χ2v) is 19.3. The van der Waals surface area contributed by atoms with Gasteiger partial charge in [-0.05, 0) is 92.0 Å². The van der Waals surface area contributed by atoms with Crippen LogP contribution in [0.3, 0.4) is 0 Å². The molecule has 434 valence electrons. The Morgan fingerprint density at radius 2 is 0.875 bits per heavy atom. The number of phenols is 2. The van der Waals surface area contributed by atoms with E-state index >= 15 is 0 Å². The maximum atomic E-state index is 14.8. The number of amides is 7. The zero-order valence-corrected chi connectivity index (χ0v) is 45.1. The molecule has 26 heteroatoms. The average molecular weight is 1110 g/mol. The average Bonchev–Trinajstić information content (AvgIpc) is 3.83. The number of rotatable bonds is 35. The number of unbranched alkanes of at least 4 members (excludes halogenated alkanes) is 3. The van der Waals surface area contributed by atoms with E-state index in [0.29, 0.717) is 23.1 Å². The van der Waals surface area contributed by atoms with Crippen molar-refractivity contribution in [1.29, 1.82) is 0 Å². The highest BCUT2D eigenvalue weighted by atomic mass is 16.3. The molecule has 23 N–H and O–H groups in total. The SMILES string of the molecule is CCCCCCC(=O)N[C@@H](CCCN=C(N)N)C(=O)N[C@@H](Cc1ccc(O)cc1)C(=O)N[C@@H](Cc1ccc(O)cc1)C(=O)N[C@@H](CCCN=C(N)N)C(=O)N[C@@H](Cc1c[nH]c2ccccc12)C(=O)N[C@@H](CCCN=C(N)N)C(N)=O. The van der Waals surface area contributed by atoms with E-state index in [-0.39, 0.29) is 119 Å². The lowest BCUT2D eigenvalue weighted by atomic mass is 10.0. The molecule has 6 atom stereocenters. The predicted octanol–water partition coefficient (Wildman–Crippen LogP) is -0.868. The molecule has 4 rings (SSSR count). The Labute approximate surface area is 464 Å². The number of H-pyrrole nitrogens is 1. The second-order valence-electron chi connectivity index (χ2n) is 19.3. The van der Waals surface area contributed by atoms with Crippen LogP contribution in [0.15, 0.2) is 94.0 Å². The Bertz CT molecular complexity index is 2760. The van der Waals surface area contributed by atoms with E-state index in [1.54, 1.807) is 24.4 Å². The molecule has 3 aromatic carbocycles. The number of primary amides is 1. The van der Waals surface area contributed by atoms with Gasteiger partial charge in [0.2, 0.25) is 41.4 Å². The third-order valence-corrected chi connectivity index (χ3v) is 12.8. The highest BCUT2D eigenvalue weighted by molar-refractivity contribution is 5.97. The number of para-hydroxylation sites is 1. The third kappa shape index (κ3) is 22.9. The lowest BCUT2D eigenvalue weighted by Gasteiger charge is -2.28. The Morgan fingerprint density at radius 1 is 0.475 bits per heavy atom. The van der Waals surface area contributed by atoms with E-state index in [2.05, 4.69) is 51.9 Å². The van der Waals surface area contributed by atoms with E-state index in [0.717, 1.165) is 30.2 Å². The minimum absolute atomic E-state index is 0.0300. The van der Waals surface area contributed by atoms with Crippen LogP contribution in [0.1, 0.15) is 94.2 Å². The molecule has 0 aliphatic carbocycles. The van der Waals surface area contributed by atoms with Crippen LogP contribution in [0.5, 0.6) is 11.5 Å². The van der Waals surface area contributed by atoms with Crippen LogP contribution in [0.2, 0.25) is 0 Å². The Balaban J connectivity index is 1.71. The van der Waals surface area contributed by atoms with Crippen molar-refractivity contribution < 1.29 is 43.8 Å². The van der Waals surface area contributed by atoms with Crippen molar-refractivity contribution in [3.63, 3.8) is 0 Å². The van der Waals surface area contributed by atoms with Gasteiger partial charge in [-0.15, -0.1) is 0 Å². The number of aromatic hydroxyl groups is 2. The van der Waals surface area contributed by atoms with Crippen LogP contribution in [-0.4, -0.2) is 130 Å². The fourth-order valence-corrected chi connectivity index (χ4v) is 8.56. The van der Waals surface area contributed by atoms with Crippen LogP contribution in [-0.2, 0) is 52.8 Å². The number of nitrogens with zero attached hydrogens (tertiary/aromatic N) is 3. The lowest BCUT2D eigenvalue weighted by molar-refractivity contribution is -0.135. The maximum Gasteiger partial charge on any atom is 0.243 e. The number of fused-ring (bicyclic) bond motifs is 1. The van der Waals surface area contributed by atoms with Crippen molar-refractivity contribution >= 4 is 70.1 Å². The number of guanidine groups is 3. The normalized spacial score (nSPS) is 13.2. The van der Waals surface area contributed by atoms with E-state index in [1.807, 2.05) is 25.1 Å². The summed E-state index contributed by atoms with van der Waals surface area (Å²) in [5, 5.41) is 37.5. The number of hydrogen-bond acceptors (Lipinski definition) is 12. The first-order chi connectivity index (χ1) is 38.2. The molecule has 0 saturated carbocycles. The molecule has 80 heavy (non-hydrogen) atoms. The molecular formula is C54H79N17O9. The molecule has 0 aliphatic heterocycles. The summed E-state index contributed by atoms with van der Waals surface area (Å²) in [6.07, 6.45) is 5.41. The lowest BCUT2D eigenvalue weighted by Crippen LogP contribution is -2.60. The third-order valence-electron chi connectivity index (χ3n) is 12.8. The summed E-state index contributed by atoms with van der Waals surface area (Å²) in [5.74, 6) is -5.94. The molecule has 1 aromatic heterocycles. The summed E-state index contributed by atoms with van der Waals surface area (Å²) < 4.78 is 0. The molecule has 0 saturated heterocycles. The van der Waals surface area contributed by atoms with Crippen molar-refractivity contribution in [2.75, 3.05) is 19.6 Å². The van der Waals surface area contributed by atoms with Gasteiger partial charge < -0.3 is 87.2 Å². The monoisotopic (exact) mass is 1110 g/mol. The predicted molar refractivity (Wildman–Crippen MR) is 305 cm³/mol. The quantitative estimate of drug-likeness (QED) is 0.0151. The van der Waals surface area contributed by atoms with Gasteiger partial charge >= 0.3 is 0 Å². The number of aliphatic imine (C=N–C) groups is 3. The van der Waals surface area contributed by atoms with Gasteiger partial charge in [0.15, 0.2) is 17.9 Å². The van der Waals surface area contributed by atoms with Gasteiger partial charge in [0.1, 0.15) is 47.8 Å². The molecule has 1 heterocycles. The molecule has 7 amide bonds. The molecule has 0 spiro atoms. The fourth-order valence-electron chi connectivity index (χ4n) is 8.56. The van der Waals surface area contributed by atoms with Crippen molar-refractivity contribution in [3.05, 3.63) is 95.7 Å². The van der Waals surface area contributed by atoms with Gasteiger partial charge in [-0.1, -0.05) is 68.7 Å². The fraction of sp³-hybridized carbons (Fsp3) is 0.444. The molecule has 4 aromatic rings. The highest BCUT2D eigenvalue weighted by Crippen LogP contribution is 2.20. The standard InChI is InChI=1S/C54H79N17O9/c1-2-3-4-5-16-45(74)66-40(14-9-26-63-53(58)59)47(76)69-43(29-33-19-23-36(73)24-20-33)50(79)70-42(28-32-17-21-35(72)22-18-32)49(78)68-41(15-10-27-64-54(60)61)48(77)71-44(30-34-31-65-38-12-7-6-11-37(34)38)51(80)67-39(46(55)75)13-8-25-62-52(56)57/h6-7,11-12,17-24,31,39-44,65,72-73H,2-5,8-10,13-16,25-30H2,1H3,(H2,55,75)(H,66,74)(H,67,80)(H,68,78)(H,69,76)(H,70,79)(H,71,77)(H4,56,57,62)(H4,58,59,63)(H4,60,61,64)/t39-,40-,41-,42-,43-,44-/m0/s1. The topological polar surface area (TPSA) is 467 Å². The second kappa shape index (κ2) is 33.2. The molecule has 0 bridgehead atoms. The van der Waals surface area contributed by atoms with E-state index in [1.165, 1.54) is 36.4 Å². The molecule has 0 aliphatic rings. The number of aromatic amines is 1. The number of carbonyl (C=O) groups is 7. The number of hydrogen-bond donors (Lipinski definition) is 16. The number of nitrogens with two attached hydrogens (primary N) is 7. The molecular weight excluding hydrogens is 1030 g/mol. The molecule has 0 fully saturated rings. The summed E-state index contributed by atoms with van der Waals surface area (Å²) in [4.78, 5) is 114. The highest BCUT2D eigenvalue weighted by Gasteiger charge is 2.34. The first kappa shape index (κ1) is 63.4. The zero-order chi connectivity index (χ0) is 58.6. The number of carbonyl (C=O) groups excluding carboxylic acids is 7. The minimum atomic E-state index is -1.47. The van der Waals surface area contributed by atoms with Crippen LogP contribution in [0.25, 0.3) is 10.9 Å². The Hall–Kier alpha value is -9.10. The molecule has 0 unspecified atom stereocenters. The first-order valence-electron chi connectivity index (χ1n) is 26.6. The number of benzene rings is 3. The van der Waals surface area contributed by atoms with E-state index in [9.17, 15) is 43.8 Å². The van der Waals surface area contributed by atoms with Crippen molar-refractivity contribution in [2.45, 2.75) is 133 Å². The van der Waals surface area contributed by atoms with Gasteiger partial charge in [-0.2, -0.15) is 0 Å². The largest absolute Gasteiger partial charge is 0.508 e. The Morgan fingerprint density at radius 3 is 1.32 bits per heavy atom.